The summed E-state index contributed by atoms with van der Waals surface area (Å²) in [4.78, 5) is 10.4. The van der Waals surface area contributed by atoms with Crippen molar-refractivity contribution in [2.24, 2.45) is 0 Å². The molecule has 0 spiro atoms. The Labute approximate surface area is 84.2 Å². The van der Waals surface area contributed by atoms with Crippen molar-refractivity contribution in [3.8, 4) is 0 Å². The van der Waals surface area contributed by atoms with Gasteiger partial charge in [-0.25, -0.2) is 4.79 Å². The fraction of sp³-hybridized carbons (Fsp3) is 0.900. The molecule has 0 aliphatic carbocycles. The zero-order valence-electron chi connectivity index (χ0n) is 9.16. The molecule has 0 aromatic rings. The Bertz CT molecular complexity index is 232. The maximum Gasteiger partial charge on any atom is 0.329 e. The van der Waals surface area contributed by atoms with Crippen LogP contribution in [0.1, 0.15) is 34.1 Å². The van der Waals surface area contributed by atoms with E-state index in [1.54, 1.807) is 0 Å². The van der Waals surface area contributed by atoms with E-state index in [9.17, 15) is 4.79 Å². The maximum absolute atomic E-state index is 10.4. The number of carbonyl (C=O) groups is 1. The molecule has 1 heterocycles. The lowest BCUT2D eigenvalue weighted by Crippen LogP contribution is -2.35. The van der Waals surface area contributed by atoms with Crippen LogP contribution >= 0.6 is 0 Å². The van der Waals surface area contributed by atoms with Crippen LogP contribution in [-0.2, 0) is 14.3 Å². The number of hydrogen-bond donors (Lipinski definition) is 1. The molecule has 1 aliphatic heterocycles. The van der Waals surface area contributed by atoms with Crippen LogP contribution in [0.25, 0.3) is 0 Å². The predicted octanol–water partition coefficient (Wildman–Crippen LogP) is 1.43. The van der Waals surface area contributed by atoms with Crippen LogP contribution in [0, 0.1) is 0 Å². The Kier molecular flexibility index (Phi) is 2.88. The van der Waals surface area contributed by atoms with E-state index in [-0.39, 0.29) is 18.3 Å². The molecular formula is C10H18O4. The smallest absolute Gasteiger partial charge is 0.329 e. The van der Waals surface area contributed by atoms with Gasteiger partial charge in [-0.05, 0) is 27.7 Å². The monoisotopic (exact) mass is 202 g/mol. The molecule has 82 valence electrons. The molecule has 4 nitrogen and oxygen atoms in total. The molecule has 0 radical (unpaired) electrons. The number of hydrogen-bond acceptors (Lipinski definition) is 3. The van der Waals surface area contributed by atoms with Gasteiger partial charge in [-0.2, -0.15) is 0 Å². The van der Waals surface area contributed by atoms with Crippen LogP contribution in [0.2, 0.25) is 0 Å². The minimum absolute atomic E-state index is 0.145. The third-order valence-corrected chi connectivity index (χ3v) is 2.40. The highest BCUT2D eigenvalue weighted by molar-refractivity contribution is 5.68. The number of ether oxygens (including phenoxy) is 2. The molecule has 1 rings (SSSR count). The first kappa shape index (κ1) is 11.5. The molecule has 14 heavy (non-hydrogen) atoms. The molecule has 1 saturated heterocycles. The minimum atomic E-state index is -0.939. The average molecular weight is 202 g/mol. The highest BCUT2D eigenvalue weighted by Crippen LogP contribution is 2.38. The first-order chi connectivity index (χ1) is 6.23. The van der Waals surface area contributed by atoms with Crippen molar-refractivity contribution in [1.82, 2.24) is 0 Å². The molecule has 0 aromatic carbocycles. The summed E-state index contributed by atoms with van der Waals surface area (Å²) in [5.74, 6) is -0.939. The van der Waals surface area contributed by atoms with Crippen LogP contribution in [0.15, 0.2) is 0 Å². The van der Waals surface area contributed by atoms with Crippen molar-refractivity contribution >= 4 is 5.97 Å². The second-order valence-electron chi connectivity index (χ2n) is 4.86. The van der Waals surface area contributed by atoms with Crippen LogP contribution < -0.4 is 0 Å². The fourth-order valence-electron chi connectivity index (χ4n) is 1.94. The van der Waals surface area contributed by atoms with Gasteiger partial charge in [-0.15, -0.1) is 0 Å². The van der Waals surface area contributed by atoms with Crippen molar-refractivity contribution in [2.45, 2.75) is 51.4 Å². The molecule has 1 fully saturated rings. The number of rotatable bonds is 3. The Morgan fingerprint density at radius 3 is 2.43 bits per heavy atom. The number of carboxylic acid groups (broad SMARTS) is 1. The van der Waals surface area contributed by atoms with Crippen LogP contribution in [0.4, 0.5) is 0 Å². The molecule has 1 N–H and O–H groups in total. The van der Waals surface area contributed by atoms with Gasteiger partial charge in [-0.1, -0.05) is 0 Å². The highest BCUT2D eigenvalue weighted by atomic mass is 16.6. The molecule has 0 bridgehead atoms. The summed E-state index contributed by atoms with van der Waals surface area (Å²) in [5.41, 5.74) is -0.633. The van der Waals surface area contributed by atoms with Gasteiger partial charge in [0.15, 0.2) is 0 Å². The zero-order chi connectivity index (χ0) is 11.0. The van der Waals surface area contributed by atoms with Gasteiger partial charge in [0, 0.05) is 6.42 Å². The van der Waals surface area contributed by atoms with Crippen molar-refractivity contribution in [3.63, 3.8) is 0 Å². The standard InChI is InChI=1S/C10H18O4/c1-9(2)5-7(10(3,4)14-9)13-6-8(11)12/h7H,5-6H2,1-4H3,(H,11,12). The zero-order valence-corrected chi connectivity index (χ0v) is 9.16. The molecule has 0 aromatic heterocycles. The van der Waals surface area contributed by atoms with E-state index in [1.807, 2.05) is 27.7 Å². The van der Waals surface area contributed by atoms with E-state index >= 15 is 0 Å². The van der Waals surface area contributed by atoms with E-state index in [0.29, 0.717) is 0 Å². The lowest BCUT2D eigenvalue weighted by Gasteiger charge is -2.26. The van der Waals surface area contributed by atoms with Gasteiger partial charge in [-0.3, -0.25) is 0 Å². The lowest BCUT2D eigenvalue weighted by atomic mass is 9.97. The Morgan fingerprint density at radius 1 is 1.50 bits per heavy atom. The second-order valence-corrected chi connectivity index (χ2v) is 4.86. The van der Waals surface area contributed by atoms with Crippen LogP contribution in [0.3, 0.4) is 0 Å². The van der Waals surface area contributed by atoms with E-state index < -0.39 is 11.6 Å². The normalized spacial score (nSPS) is 29.0. The number of carboxylic acids is 1. The van der Waals surface area contributed by atoms with Gasteiger partial charge in [0.05, 0.1) is 17.3 Å². The molecule has 1 unspecified atom stereocenters. The van der Waals surface area contributed by atoms with E-state index in [4.69, 9.17) is 14.6 Å². The van der Waals surface area contributed by atoms with Gasteiger partial charge < -0.3 is 14.6 Å². The molecule has 0 saturated carbocycles. The third-order valence-electron chi connectivity index (χ3n) is 2.40. The Balaban J connectivity index is 2.57. The summed E-state index contributed by atoms with van der Waals surface area (Å²) in [6, 6.07) is 0. The SMILES string of the molecule is CC1(C)CC(OCC(=O)O)C(C)(C)O1. The number of aliphatic carboxylic acids is 1. The van der Waals surface area contributed by atoms with E-state index in [1.165, 1.54) is 0 Å². The maximum atomic E-state index is 10.4. The van der Waals surface area contributed by atoms with Crippen molar-refractivity contribution < 1.29 is 19.4 Å². The molecular weight excluding hydrogens is 184 g/mol. The average Bonchev–Trinajstić information content (AvgIpc) is 2.14. The highest BCUT2D eigenvalue weighted by Gasteiger charge is 2.46. The first-order valence-electron chi connectivity index (χ1n) is 4.76. The van der Waals surface area contributed by atoms with Crippen molar-refractivity contribution in [1.29, 1.82) is 0 Å². The summed E-state index contributed by atoms with van der Waals surface area (Å²) in [7, 11) is 0. The Morgan fingerprint density at radius 2 is 2.07 bits per heavy atom. The third kappa shape index (κ3) is 2.69. The van der Waals surface area contributed by atoms with Crippen molar-refractivity contribution in [3.05, 3.63) is 0 Å². The fourth-order valence-corrected chi connectivity index (χ4v) is 1.94. The summed E-state index contributed by atoms with van der Waals surface area (Å²) >= 11 is 0. The van der Waals surface area contributed by atoms with Gasteiger partial charge in [0.25, 0.3) is 0 Å². The summed E-state index contributed by atoms with van der Waals surface area (Å²) in [5, 5.41) is 8.51. The summed E-state index contributed by atoms with van der Waals surface area (Å²) < 4.78 is 11.1. The predicted molar refractivity (Wildman–Crippen MR) is 51.2 cm³/mol. The van der Waals surface area contributed by atoms with Crippen LogP contribution in [-0.4, -0.2) is 35.0 Å². The lowest BCUT2D eigenvalue weighted by molar-refractivity contribution is -0.149. The van der Waals surface area contributed by atoms with Gasteiger partial charge in [0.2, 0.25) is 0 Å². The van der Waals surface area contributed by atoms with Gasteiger partial charge in [0.1, 0.15) is 6.61 Å². The molecule has 1 atom stereocenters. The first-order valence-corrected chi connectivity index (χ1v) is 4.76. The van der Waals surface area contributed by atoms with Crippen molar-refractivity contribution in [2.75, 3.05) is 6.61 Å². The molecule has 1 aliphatic rings. The second kappa shape index (κ2) is 3.51. The summed E-state index contributed by atoms with van der Waals surface area (Å²) in [6.45, 7) is 7.56. The largest absolute Gasteiger partial charge is 0.480 e. The van der Waals surface area contributed by atoms with Crippen LogP contribution in [0.5, 0.6) is 0 Å². The van der Waals surface area contributed by atoms with E-state index in [2.05, 4.69) is 0 Å². The van der Waals surface area contributed by atoms with Gasteiger partial charge >= 0.3 is 5.97 Å². The quantitative estimate of drug-likeness (QED) is 0.752. The summed E-state index contributed by atoms with van der Waals surface area (Å²) in [6.07, 6.45) is 0.585. The Hall–Kier alpha value is -0.610. The van der Waals surface area contributed by atoms with E-state index in [0.717, 1.165) is 6.42 Å². The molecule has 4 heteroatoms. The molecule has 0 amide bonds. The minimum Gasteiger partial charge on any atom is -0.480 e. The topological polar surface area (TPSA) is 55.8 Å².